The molecule has 2 aromatic heterocycles. The number of aryl methyl sites for hydroxylation is 1. The highest BCUT2D eigenvalue weighted by Crippen LogP contribution is 2.32. The lowest BCUT2D eigenvalue weighted by Gasteiger charge is -2.33. The summed E-state index contributed by atoms with van der Waals surface area (Å²) < 4.78 is 1.16. The van der Waals surface area contributed by atoms with E-state index in [4.69, 9.17) is 4.98 Å². The maximum absolute atomic E-state index is 13.1. The molecule has 2 amide bonds. The number of piperidine rings is 1. The number of carbonyl (C=O) groups is 2. The Kier molecular flexibility index (Phi) is 6.58. The predicted octanol–water partition coefficient (Wildman–Crippen LogP) is 4.60. The first-order valence-corrected chi connectivity index (χ1v) is 12.5. The number of hydrogen-bond donors (Lipinski definition) is 0. The minimum atomic E-state index is 0.0727. The average molecular weight is 442 g/mol. The Hall–Kier alpha value is -2.12. The molecule has 4 heterocycles. The summed E-state index contributed by atoms with van der Waals surface area (Å²) in [5.74, 6) is 0.397. The van der Waals surface area contributed by atoms with Gasteiger partial charge in [0, 0.05) is 37.8 Å². The average Bonchev–Trinajstić information content (AvgIpc) is 3.28. The van der Waals surface area contributed by atoms with Crippen molar-refractivity contribution >= 4 is 34.9 Å². The second-order valence-electron chi connectivity index (χ2n) is 7.79. The van der Waals surface area contributed by atoms with Crippen molar-refractivity contribution in [1.82, 2.24) is 14.8 Å². The topological polar surface area (TPSA) is 53.5 Å². The zero-order valence-electron chi connectivity index (χ0n) is 17.5. The summed E-state index contributed by atoms with van der Waals surface area (Å²) in [4.78, 5) is 35.4. The quantitative estimate of drug-likeness (QED) is 0.514. The van der Waals surface area contributed by atoms with Gasteiger partial charge in [-0.25, -0.2) is 0 Å². The van der Waals surface area contributed by atoms with Gasteiger partial charge in [0.15, 0.2) is 0 Å². The Morgan fingerprint density at radius 2 is 1.83 bits per heavy atom. The molecule has 0 radical (unpaired) electrons. The Bertz CT molecular complexity index is 961. The molecule has 1 fully saturated rings. The van der Waals surface area contributed by atoms with Crippen LogP contribution in [0, 0.1) is 6.92 Å². The SMILES string of the molecule is CSc1ccc(C(=O)N2CCC(c3nc(C)ccc3C(=O)N3CC=CCC3)CC2)s1. The first-order chi connectivity index (χ1) is 14.6. The lowest BCUT2D eigenvalue weighted by Crippen LogP contribution is -2.39. The highest BCUT2D eigenvalue weighted by molar-refractivity contribution is 8.00. The predicted molar refractivity (Wildman–Crippen MR) is 123 cm³/mol. The molecule has 0 saturated carbocycles. The Balaban J connectivity index is 1.47. The van der Waals surface area contributed by atoms with Crippen LogP contribution < -0.4 is 0 Å². The Labute approximate surface area is 186 Å². The van der Waals surface area contributed by atoms with E-state index in [0.29, 0.717) is 19.6 Å². The van der Waals surface area contributed by atoms with Crippen LogP contribution in [0.15, 0.2) is 40.6 Å². The lowest BCUT2D eigenvalue weighted by molar-refractivity contribution is 0.0710. The number of amides is 2. The fourth-order valence-electron chi connectivity index (χ4n) is 4.12. The molecule has 0 spiro atoms. The molecule has 0 unspecified atom stereocenters. The maximum atomic E-state index is 13.1. The molecule has 1 saturated heterocycles. The standard InChI is InChI=1S/C23H27N3O2S2/c1-16-6-7-18(22(27)25-12-4-3-5-13-25)21(24-16)17-10-14-26(15-11-17)23(28)19-8-9-20(29-2)30-19/h3-4,6-9,17H,5,10-15H2,1-2H3. The van der Waals surface area contributed by atoms with Gasteiger partial charge in [0.2, 0.25) is 0 Å². The van der Waals surface area contributed by atoms with Gasteiger partial charge in [-0.3, -0.25) is 14.6 Å². The highest BCUT2D eigenvalue weighted by Gasteiger charge is 2.30. The zero-order valence-corrected chi connectivity index (χ0v) is 19.1. The minimum absolute atomic E-state index is 0.0727. The van der Waals surface area contributed by atoms with Crippen LogP contribution in [0.1, 0.15) is 56.6 Å². The highest BCUT2D eigenvalue weighted by atomic mass is 32.2. The van der Waals surface area contributed by atoms with E-state index < -0.39 is 0 Å². The van der Waals surface area contributed by atoms with E-state index in [9.17, 15) is 9.59 Å². The van der Waals surface area contributed by atoms with Crippen LogP contribution in [0.2, 0.25) is 0 Å². The van der Waals surface area contributed by atoms with E-state index >= 15 is 0 Å². The molecule has 5 nitrogen and oxygen atoms in total. The van der Waals surface area contributed by atoms with E-state index in [1.54, 1.807) is 23.1 Å². The molecule has 4 rings (SSSR count). The van der Waals surface area contributed by atoms with Crippen molar-refractivity contribution in [3.05, 3.63) is 58.2 Å². The Morgan fingerprint density at radius 3 is 2.50 bits per heavy atom. The molecule has 0 N–H and O–H groups in total. The first-order valence-electron chi connectivity index (χ1n) is 10.4. The van der Waals surface area contributed by atoms with Crippen molar-refractivity contribution in [1.29, 1.82) is 0 Å². The fourth-order valence-corrected chi connectivity index (χ4v) is 5.63. The number of nitrogens with zero attached hydrogens (tertiary/aromatic N) is 3. The van der Waals surface area contributed by atoms with Crippen molar-refractivity contribution in [3.8, 4) is 0 Å². The zero-order chi connectivity index (χ0) is 21.1. The molecule has 30 heavy (non-hydrogen) atoms. The summed E-state index contributed by atoms with van der Waals surface area (Å²) in [5.41, 5.74) is 2.56. The number of thioether (sulfide) groups is 1. The van der Waals surface area contributed by atoms with Gasteiger partial charge in [-0.1, -0.05) is 12.2 Å². The second kappa shape index (κ2) is 9.35. The number of likely N-dealkylation sites (tertiary alicyclic amines) is 1. The summed E-state index contributed by atoms with van der Waals surface area (Å²) in [6.07, 6.45) is 8.79. The summed E-state index contributed by atoms with van der Waals surface area (Å²) in [6, 6.07) is 7.80. The van der Waals surface area contributed by atoms with Crippen molar-refractivity contribution in [2.45, 2.75) is 36.3 Å². The second-order valence-corrected chi connectivity index (χ2v) is 9.98. The van der Waals surface area contributed by atoms with Gasteiger partial charge in [0.05, 0.1) is 20.3 Å². The van der Waals surface area contributed by atoms with Crippen LogP contribution in [0.25, 0.3) is 0 Å². The monoisotopic (exact) mass is 441 g/mol. The maximum Gasteiger partial charge on any atom is 0.263 e. The molecule has 2 aliphatic heterocycles. The van der Waals surface area contributed by atoms with E-state index in [1.165, 1.54) is 0 Å². The third-order valence-electron chi connectivity index (χ3n) is 5.80. The van der Waals surface area contributed by atoms with Crippen LogP contribution in [0.4, 0.5) is 0 Å². The van der Waals surface area contributed by atoms with Crippen molar-refractivity contribution < 1.29 is 9.59 Å². The summed E-state index contributed by atoms with van der Waals surface area (Å²) in [5, 5.41) is 0. The van der Waals surface area contributed by atoms with Crippen LogP contribution in [-0.4, -0.2) is 59.0 Å². The molecule has 158 valence electrons. The lowest BCUT2D eigenvalue weighted by atomic mass is 9.89. The number of rotatable bonds is 4. The number of thiophene rings is 1. The van der Waals surface area contributed by atoms with Gasteiger partial charge < -0.3 is 9.80 Å². The van der Waals surface area contributed by atoms with Crippen molar-refractivity contribution in [2.24, 2.45) is 0 Å². The van der Waals surface area contributed by atoms with Crippen molar-refractivity contribution in [2.75, 3.05) is 32.4 Å². The van der Waals surface area contributed by atoms with E-state index in [2.05, 4.69) is 12.2 Å². The smallest absolute Gasteiger partial charge is 0.263 e. The third kappa shape index (κ3) is 4.47. The molecule has 7 heteroatoms. The molecule has 0 aliphatic carbocycles. The van der Waals surface area contributed by atoms with Gasteiger partial charge in [-0.2, -0.15) is 0 Å². The molecule has 2 aromatic rings. The molecule has 0 bridgehead atoms. The van der Waals surface area contributed by atoms with Gasteiger partial charge in [0.1, 0.15) is 0 Å². The number of hydrogen-bond acceptors (Lipinski definition) is 5. The fraction of sp³-hybridized carbons (Fsp3) is 0.435. The minimum Gasteiger partial charge on any atom is -0.338 e. The van der Waals surface area contributed by atoms with Crippen LogP contribution >= 0.6 is 23.1 Å². The van der Waals surface area contributed by atoms with E-state index in [0.717, 1.165) is 51.8 Å². The third-order valence-corrected chi connectivity index (χ3v) is 7.96. The Morgan fingerprint density at radius 1 is 1.03 bits per heavy atom. The van der Waals surface area contributed by atoms with Gasteiger partial charge in [-0.05, 0) is 56.7 Å². The number of carbonyl (C=O) groups excluding carboxylic acids is 2. The largest absolute Gasteiger partial charge is 0.338 e. The molecular formula is C23H27N3O2S2. The summed E-state index contributed by atoms with van der Waals surface area (Å²) >= 11 is 3.23. The van der Waals surface area contributed by atoms with Gasteiger partial charge in [-0.15, -0.1) is 23.1 Å². The molecule has 0 atom stereocenters. The molecular weight excluding hydrogens is 414 g/mol. The number of pyridine rings is 1. The number of aromatic nitrogens is 1. The molecule has 0 aromatic carbocycles. The van der Waals surface area contributed by atoms with Crippen molar-refractivity contribution in [3.63, 3.8) is 0 Å². The summed E-state index contributed by atoms with van der Waals surface area (Å²) in [7, 11) is 0. The normalized spacial score (nSPS) is 17.4. The first kappa shape index (κ1) is 21.1. The van der Waals surface area contributed by atoms with E-state index in [-0.39, 0.29) is 17.7 Å². The van der Waals surface area contributed by atoms with Crippen LogP contribution in [-0.2, 0) is 0 Å². The van der Waals surface area contributed by atoms with Crippen LogP contribution in [0.3, 0.4) is 0 Å². The van der Waals surface area contributed by atoms with Crippen LogP contribution in [0.5, 0.6) is 0 Å². The van der Waals surface area contributed by atoms with E-state index in [1.807, 2.05) is 47.2 Å². The van der Waals surface area contributed by atoms with Gasteiger partial charge >= 0.3 is 0 Å². The summed E-state index contributed by atoms with van der Waals surface area (Å²) in [6.45, 7) is 4.80. The molecule has 2 aliphatic rings. The van der Waals surface area contributed by atoms with Gasteiger partial charge in [0.25, 0.3) is 11.8 Å².